The minimum Gasteiger partial charge on any atom is -0.381 e. The van der Waals surface area contributed by atoms with Gasteiger partial charge in [0.05, 0.1) is 5.56 Å². The number of nitrogens with zero attached hydrogens (tertiary/aromatic N) is 1. The molecule has 1 saturated heterocycles. The van der Waals surface area contributed by atoms with E-state index < -0.39 is 5.91 Å². The first-order valence-corrected chi connectivity index (χ1v) is 8.85. The molecule has 1 fully saturated rings. The summed E-state index contributed by atoms with van der Waals surface area (Å²) < 4.78 is 5.36. The zero-order valence-electron chi connectivity index (χ0n) is 14.6. The number of hydrogen-bond donors (Lipinski definition) is 2. The van der Waals surface area contributed by atoms with Gasteiger partial charge in [0.1, 0.15) is 0 Å². The number of primary amides is 1. The molecule has 0 spiro atoms. The number of carbonyl (C=O) groups excluding carboxylic acids is 2. The highest BCUT2D eigenvalue weighted by Gasteiger charge is 2.15. The summed E-state index contributed by atoms with van der Waals surface area (Å²) in [6.07, 6.45) is 6.22. The Hall–Kier alpha value is -2.73. The summed E-state index contributed by atoms with van der Waals surface area (Å²) in [4.78, 5) is 27.7. The maximum absolute atomic E-state index is 12.4. The van der Waals surface area contributed by atoms with E-state index in [9.17, 15) is 9.59 Å². The minimum atomic E-state index is -0.527. The van der Waals surface area contributed by atoms with Crippen LogP contribution in [-0.2, 0) is 4.74 Å². The van der Waals surface area contributed by atoms with Crippen LogP contribution in [-0.4, -0.2) is 36.6 Å². The lowest BCUT2D eigenvalue weighted by Gasteiger charge is -2.09. The van der Waals surface area contributed by atoms with Gasteiger partial charge in [0, 0.05) is 43.3 Å². The van der Waals surface area contributed by atoms with Crippen LogP contribution in [0.3, 0.4) is 0 Å². The Morgan fingerprint density at radius 3 is 2.81 bits per heavy atom. The third-order valence-corrected chi connectivity index (χ3v) is 4.58. The fraction of sp³-hybridized carbons (Fsp3) is 0.350. The Balaban J connectivity index is 1.60. The number of benzene rings is 1. The zero-order chi connectivity index (χ0) is 18.4. The van der Waals surface area contributed by atoms with Crippen LogP contribution in [0, 0.1) is 5.92 Å². The van der Waals surface area contributed by atoms with E-state index in [1.165, 1.54) is 6.20 Å². The molecule has 0 bridgehead atoms. The molecule has 2 aromatic rings. The molecular formula is C20H23N3O3. The van der Waals surface area contributed by atoms with Gasteiger partial charge in [-0.2, -0.15) is 0 Å². The molecule has 0 aliphatic carbocycles. The van der Waals surface area contributed by atoms with Gasteiger partial charge in [-0.15, -0.1) is 0 Å². The van der Waals surface area contributed by atoms with E-state index in [4.69, 9.17) is 10.5 Å². The predicted molar refractivity (Wildman–Crippen MR) is 98.7 cm³/mol. The van der Waals surface area contributed by atoms with Gasteiger partial charge in [-0.25, -0.2) is 0 Å². The van der Waals surface area contributed by atoms with Crippen LogP contribution in [0.1, 0.15) is 40.0 Å². The lowest BCUT2D eigenvalue weighted by molar-refractivity contribution is 0.0951. The van der Waals surface area contributed by atoms with Gasteiger partial charge in [0.15, 0.2) is 0 Å². The molecule has 1 aliphatic rings. The average Bonchev–Trinajstić information content (AvgIpc) is 3.19. The fourth-order valence-corrected chi connectivity index (χ4v) is 3.08. The first-order valence-electron chi connectivity index (χ1n) is 8.85. The molecule has 6 nitrogen and oxygen atoms in total. The van der Waals surface area contributed by atoms with Gasteiger partial charge in [-0.3, -0.25) is 14.6 Å². The van der Waals surface area contributed by atoms with E-state index in [2.05, 4.69) is 10.3 Å². The molecule has 0 unspecified atom stereocenters. The number of rotatable bonds is 7. The molecule has 3 rings (SSSR count). The third-order valence-electron chi connectivity index (χ3n) is 4.58. The summed E-state index contributed by atoms with van der Waals surface area (Å²) in [6.45, 7) is 2.35. The smallest absolute Gasteiger partial charge is 0.251 e. The molecular weight excluding hydrogens is 330 g/mol. The van der Waals surface area contributed by atoms with Crippen LogP contribution in [0.4, 0.5) is 0 Å². The highest BCUT2D eigenvalue weighted by molar-refractivity contribution is 5.96. The van der Waals surface area contributed by atoms with Crippen LogP contribution < -0.4 is 11.1 Å². The first-order chi connectivity index (χ1) is 12.6. The van der Waals surface area contributed by atoms with Gasteiger partial charge < -0.3 is 15.8 Å². The lowest BCUT2D eigenvalue weighted by atomic mass is 10.0. The summed E-state index contributed by atoms with van der Waals surface area (Å²) >= 11 is 0. The van der Waals surface area contributed by atoms with E-state index >= 15 is 0 Å². The Labute approximate surface area is 152 Å². The Kier molecular flexibility index (Phi) is 5.96. The number of amides is 2. The maximum atomic E-state index is 12.4. The fourth-order valence-electron chi connectivity index (χ4n) is 3.08. The predicted octanol–water partition coefficient (Wildman–Crippen LogP) is 2.39. The zero-order valence-corrected chi connectivity index (χ0v) is 14.6. The van der Waals surface area contributed by atoms with Crippen LogP contribution >= 0.6 is 0 Å². The largest absolute Gasteiger partial charge is 0.381 e. The topological polar surface area (TPSA) is 94.3 Å². The van der Waals surface area contributed by atoms with Crippen LogP contribution in [0.2, 0.25) is 0 Å². The van der Waals surface area contributed by atoms with Gasteiger partial charge in [0.25, 0.3) is 5.91 Å². The number of carbonyl (C=O) groups is 2. The highest BCUT2D eigenvalue weighted by atomic mass is 16.5. The normalized spacial score (nSPS) is 16.4. The summed E-state index contributed by atoms with van der Waals surface area (Å²) in [5.74, 6) is -0.00490. The van der Waals surface area contributed by atoms with Crippen LogP contribution in [0.25, 0.3) is 11.1 Å². The molecule has 6 heteroatoms. The summed E-state index contributed by atoms with van der Waals surface area (Å²) in [5, 5.41) is 2.96. The van der Waals surface area contributed by atoms with E-state index in [-0.39, 0.29) is 5.91 Å². The van der Waals surface area contributed by atoms with Crippen molar-refractivity contribution in [2.75, 3.05) is 19.8 Å². The SMILES string of the molecule is NC(=O)c1cncc(-c2cccc(C(=O)NCCC[C@H]3CCOC3)c2)c1. The second kappa shape index (κ2) is 8.58. The molecule has 1 aliphatic heterocycles. The minimum absolute atomic E-state index is 0.103. The van der Waals surface area contributed by atoms with E-state index in [0.29, 0.717) is 23.6 Å². The number of aromatic nitrogens is 1. The number of nitrogens with one attached hydrogen (secondary N) is 1. The van der Waals surface area contributed by atoms with Gasteiger partial charge in [0.2, 0.25) is 5.91 Å². The molecule has 0 radical (unpaired) electrons. The van der Waals surface area contributed by atoms with Crippen molar-refractivity contribution >= 4 is 11.8 Å². The molecule has 1 atom stereocenters. The quantitative estimate of drug-likeness (QED) is 0.747. The van der Waals surface area contributed by atoms with Crippen LogP contribution in [0.15, 0.2) is 42.7 Å². The lowest BCUT2D eigenvalue weighted by Crippen LogP contribution is -2.24. The average molecular weight is 353 g/mol. The molecule has 1 aromatic heterocycles. The molecule has 2 heterocycles. The molecule has 1 aromatic carbocycles. The molecule has 0 saturated carbocycles. The molecule has 136 valence electrons. The van der Waals surface area contributed by atoms with Gasteiger partial charge >= 0.3 is 0 Å². The van der Waals surface area contributed by atoms with Crippen molar-refractivity contribution in [2.45, 2.75) is 19.3 Å². The monoisotopic (exact) mass is 353 g/mol. The van der Waals surface area contributed by atoms with Crippen molar-refractivity contribution in [2.24, 2.45) is 11.7 Å². The maximum Gasteiger partial charge on any atom is 0.251 e. The second-order valence-corrected chi connectivity index (χ2v) is 6.54. The van der Waals surface area contributed by atoms with Crippen molar-refractivity contribution in [3.05, 3.63) is 53.9 Å². The molecule has 2 amide bonds. The van der Waals surface area contributed by atoms with Crippen molar-refractivity contribution in [3.8, 4) is 11.1 Å². The van der Waals surface area contributed by atoms with Gasteiger partial charge in [-0.1, -0.05) is 12.1 Å². The van der Waals surface area contributed by atoms with Gasteiger partial charge in [-0.05, 0) is 48.9 Å². The Morgan fingerprint density at radius 2 is 2.04 bits per heavy atom. The first kappa shape index (κ1) is 18.1. The van der Waals surface area contributed by atoms with Crippen molar-refractivity contribution in [3.63, 3.8) is 0 Å². The molecule has 26 heavy (non-hydrogen) atoms. The van der Waals surface area contributed by atoms with Crippen molar-refractivity contribution in [1.29, 1.82) is 0 Å². The summed E-state index contributed by atoms with van der Waals surface area (Å²) in [5.41, 5.74) is 7.79. The van der Waals surface area contributed by atoms with Crippen molar-refractivity contribution < 1.29 is 14.3 Å². The van der Waals surface area contributed by atoms with Crippen LogP contribution in [0.5, 0.6) is 0 Å². The highest BCUT2D eigenvalue weighted by Crippen LogP contribution is 2.21. The summed E-state index contributed by atoms with van der Waals surface area (Å²) in [6, 6.07) is 8.93. The Bertz CT molecular complexity index is 785. The standard InChI is InChI=1S/C20H23N3O3/c21-19(24)18-10-17(11-22-12-18)15-4-1-5-16(9-15)20(25)23-7-2-3-14-6-8-26-13-14/h1,4-5,9-12,14H,2-3,6-8,13H2,(H2,21,24)(H,23,25)/t14-/m0/s1. The Morgan fingerprint density at radius 1 is 1.19 bits per heavy atom. The summed E-state index contributed by atoms with van der Waals surface area (Å²) in [7, 11) is 0. The van der Waals surface area contributed by atoms with E-state index in [1.807, 2.05) is 12.1 Å². The number of hydrogen-bond acceptors (Lipinski definition) is 4. The number of ether oxygens (including phenoxy) is 1. The second-order valence-electron chi connectivity index (χ2n) is 6.54. The van der Waals surface area contributed by atoms with E-state index in [0.717, 1.165) is 43.6 Å². The van der Waals surface area contributed by atoms with E-state index in [1.54, 1.807) is 24.4 Å². The van der Waals surface area contributed by atoms with Crippen molar-refractivity contribution in [1.82, 2.24) is 10.3 Å². The third kappa shape index (κ3) is 4.67. The molecule has 3 N–H and O–H groups in total. The number of pyridine rings is 1. The number of nitrogens with two attached hydrogens (primary N) is 1.